The molecule has 2 saturated heterocycles. The van der Waals surface area contributed by atoms with Crippen LogP contribution in [0.1, 0.15) is 46.6 Å². The monoisotopic (exact) mass is 502 g/mol. The Morgan fingerprint density at radius 2 is 1.56 bits per heavy atom. The third-order valence-electron chi connectivity index (χ3n) is 6.58. The number of benzene rings is 1. The highest BCUT2D eigenvalue weighted by Gasteiger charge is 2.40. The van der Waals surface area contributed by atoms with Crippen LogP contribution < -0.4 is 0 Å². The van der Waals surface area contributed by atoms with E-state index in [2.05, 4.69) is 30.9 Å². The maximum Gasteiger partial charge on any atom is 0.411 e. The molecule has 0 radical (unpaired) electrons. The van der Waals surface area contributed by atoms with Gasteiger partial charge in [-0.1, -0.05) is 30.3 Å². The molecular weight excluding hydrogens is 460 g/mol. The molecule has 1 aromatic carbocycles. The van der Waals surface area contributed by atoms with Crippen LogP contribution >= 0.6 is 0 Å². The molecule has 0 N–H and O–H groups in total. The number of piperazine rings is 2. The Bertz CT molecular complexity index is 878. The second-order valence-corrected chi connectivity index (χ2v) is 10.8. The Labute approximate surface area is 215 Å². The lowest BCUT2D eigenvalue weighted by molar-refractivity contribution is -0.141. The van der Waals surface area contributed by atoms with E-state index >= 15 is 0 Å². The molecule has 2 heterocycles. The van der Waals surface area contributed by atoms with Crippen LogP contribution in [0.15, 0.2) is 30.3 Å². The van der Waals surface area contributed by atoms with E-state index in [1.54, 1.807) is 14.7 Å². The maximum absolute atomic E-state index is 13.5. The minimum atomic E-state index is -0.632. The summed E-state index contributed by atoms with van der Waals surface area (Å²) in [4.78, 5) is 46.1. The first-order chi connectivity index (χ1) is 17.0. The van der Waals surface area contributed by atoms with Gasteiger partial charge in [0.2, 0.25) is 5.91 Å². The lowest BCUT2D eigenvalue weighted by Gasteiger charge is -2.44. The summed E-state index contributed by atoms with van der Waals surface area (Å²) in [5.74, 6) is -0.0953. The molecule has 3 amide bonds. The van der Waals surface area contributed by atoms with Crippen molar-refractivity contribution in [1.29, 1.82) is 0 Å². The van der Waals surface area contributed by atoms with Crippen LogP contribution in [0.2, 0.25) is 0 Å². The van der Waals surface area contributed by atoms with E-state index < -0.39 is 17.7 Å². The van der Waals surface area contributed by atoms with Gasteiger partial charge >= 0.3 is 12.2 Å². The SMILES string of the molecule is CC(C)N1CCN(C(=O)OC(C)(C)C)[C@@H](C(=O)N2CCN(C(=O)OCCCc3ccccc3)CC2)C1. The number of aryl methyl sites for hydroxylation is 1. The summed E-state index contributed by atoms with van der Waals surface area (Å²) < 4.78 is 11.1. The summed E-state index contributed by atoms with van der Waals surface area (Å²) >= 11 is 0. The molecule has 0 unspecified atom stereocenters. The molecule has 0 spiro atoms. The predicted molar refractivity (Wildman–Crippen MR) is 138 cm³/mol. The first-order valence-electron chi connectivity index (χ1n) is 13.0. The van der Waals surface area contributed by atoms with Crippen LogP contribution in [0.25, 0.3) is 0 Å². The average Bonchev–Trinajstić information content (AvgIpc) is 2.85. The van der Waals surface area contributed by atoms with Gasteiger partial charge in [-0.25, -0.2) is 9.59 Å². The number of hydrogen-bond donors (Lipinski definition) is 0. The Kier molecular flexibility index (Phi) is 9.59. The second kappa shape index (κ2) is 12.4. The van der Waals surface area contributed by atoms with Crippen LogP contribution in [-0.2, 0) is 20.7 Å². The minimum absolute atomic E-state index is 0.0953. The number of carbonyl (C=O) groups excluding carboxylic acids is 3. The summed E-state index contributed by atoms with van der Waals surface area (Å²) in [5, 5.41) is 0. The van der Waals surface area contributed by atoms with Crippen molar-refractivity contribution in [2.45, 2.75) is 65.1 Å². The average molecular weight is 503 g/mol. The molecule has 9 heteroatoms. The number of carbonyl (C=O) groups is 3. The highest BCUT2D eigenvalue weighted by Crippen LogP contribution is 2.20. The molecule has 1 aromatic rings. The smallest absolute Gasteiger partial charge is 0.411 e. The molecule has 36 heavy (non-hydrogen) atoms. The van der Waals surface area contributed by atoms with E-state index in [9.17, 15) is 14.4 Å². The quantitative estimate of drug-likeness (QED) is 0.556. The van der Waals surface area contributed by atoms with Crippen molar-refractivity contribution in [3.05, 3.63) is 35.9 Å². The van der Waals surface area contributed by atoms with Crippen LogP contribution in [0, 0.1) is 0 Å². The van der Waals surface area contributed by atoms with Gasteiger partial charge in [0.15, 0.2) is 0 Å². The first kappa shape index (κ1) is 27.8. The molecule has 0 bridgehead atoms. The summed E-state index contributed by atoms with van der Waals surface area (Å²) in [7, 11) is 0. The highest BCUT2D eigenvalue weighted by molar-refractivity contribution is 5.86. The number of nitrogens with zero attached hydrogens (tertiary/aromatic N) is 4. The summed E-state index contributed by atoms with van der Waals surface area (Å²) in [5.41, 5.74) is 0.590. The van der Waals surface area contributed by atoms with Crippen molar-refractivity contribution >= 4 is 18.1 Å². The van der Waals surface area contributed by atoms with E-state index in [0.29, 0.717) is 52.4 Å². The molecule has 1 atom stereocenters. The zero-order chi connectivity index (χ0) is 26.3. The number of rotatable bonds is 6. The van der Waals surface area contributed by atoms with E-state index in [4.69, 9.17) is 9.47 Å². The van der Waals surface area contributed by atoms with Gasteiger partial charge in [0.1, 0.15) is 11.6 Å². The fraction of sp³-hybridized carbons (Fsp3) is 0.667. The van der Waals surface area contributed by atoms with E-state index in [-0.39, 0.29) is 18.0 Å². The lowest BCUT2D eigenvalue weighted by atomic mass is 10.1. The molecule has 2 aliphatic rings. The van der Waals surface area contributed by atoms with Crippen LogP contribution in [0.5, 0.6) is 0 Å². The third kappa shape index (κ3) is 7.85. The summed E-state index contributed by atoms with van der Waals surface area (Å²) in [6.07, 6.45) is 0.832. The number of ether oxygens (including phenoxy) is 2. The molecule has 9 nitrogen and oxygen atoms in total. The van der Waals surface area contributed by atoms with Crippen LogP contribution in [0.4, 0.5) is 9.59 Å². The Balaban J connectivity index is 1.51. The molecule has 3 rings (SSSR count). The van der Waals surface area contributed by atoms with Gasteiger partial charge in [0.25, 0.3) is 0 Å². The molecule has 0 saturated carbocycles. The van der Waals surface area contributed by atoms with E-state index in [1.807, 2.05) is 39.0 Å². The van der Waals surface area contributed by atoms with Crippen molar-refractivity contribution in [3.8, 4) is 0 Å². The lowest BCUT2D eigenvalue weighted by Crippen LogP contribution is -2.64. The van der Waals surface area contributed by atoms with Crippen molar-refractivity contribution in [1.82, 2.24) is 19.6 Å². The Hall–Kier alpha value is -2.81. The van der Waals surface area contributed by atoms with Gasteiger partial charge in [-0.15, -0.1) is 0 Å². The van der Waals surface area contributed by atoms with Crippen molar-refractivity contribution in [2.24, 2.45) is 0 Å². The Morgan fingerprint density at radius 3 is 2.17 bits per heavy atom. The highest BCUT2D eigenvalue weighted by atomic mass is 16.6. The van der Waals surface area contributed by atoms with Crippen molar-refractivity contribution in [2.75, 3.05) is 52.4 Å². The first-order valence-corrected chi connectivity index (χ1v) is 13.0. The largest absolute Gasteiger partial charge is 0.449 e. The fourth-order valence-electron chi connectivity index (χ4n) is 4.52. The number of amides is 3. The van der Waals surface area contributed by atoms with Crippen molar-refractivity contribution in [3.63, 3.8) is 0 Å². The van der Waals surface area contributed by atoms with Gasteiger partial charge in [0, 0.05) is 51.9 Å². The van der Waals surface area contributed by atoms with E-state index in [0.717, 1.165) is 12.8 Å². The summed E-state index contributed by atoms with van der Waals surface area (Å²) in [6.45, 7) is 13.3. The topological polar surface area (TPSA) is 82.6 Å². The Morgan fingerprint density at radius 1 is 0.917 bits per heavy atom. The predicted octanol–water partition coefficient (Wildman–Crippen LogP) is 3.23. The fourth-order valence-corrected chi connectivity index (χ4v) is 4.52. The molecule has 0 aliphatic carbocycles. The molecule has 2 aliphatic heterocycles. The maximum atomic E-state index is 13.5. The van der Waals surface area contributed by atoms with Crippen LogP contribution in [0.3, 0.4) is 0 Å². The van der Waals surface area contributed by atoms with E-state index in [1.165, 1.54) is 5.56 Å². The van der Waals surface area contributed by atoms with Gasteiger partial charge in [-0.05, 0) is 53.0 Å². The van der Waals surface area contributed by atoms with Gasteiger partial charge in [0.05, 0.1) is 6.61 Å². The normalized spacial score (nSPS) is 19.4. The third-order valence-corrected chi connectivity index (χ3v) is 6.58. The van der Waals surface area contributed by atoms with Gasteiger partial charge in [-0.2, -0.15) is 0 Å². The zero-order valence-electron chi connectivity index (χ0n) is 22.4. The van der Waals surface area contributed by atoms with Gasteiger partial charge < -0.3 is 19.3 Å². The zero-order valence-corrected chi connectivity index (χ0v) is 22.4. The van der Waals surface area contributed by atoms with Gasteiger partial charge in [-0.3, -0.25) is 14.6 Å². The molecule has 2 fully saturated rings. The molecule has 0 aromatic heterocycles. The standard InChI is InChI=1S/C27H42N4O5/c1-21(2)30-17-18-31(26(34)36-27(3,4)5)23(20-30)24(32)28-13-15-29(16-14-28)25(33)35-19-9-12-22-10-7-6-8-11-22/h6-8,10-11,21,23H,9,12-20H2,1-5H3/t23-/m1/s1. The second-order valence-electron chi connectivity index (χ2n) is 10.8. The summed E-state index contributed by atoms with van der Waals surface area (Å²) in [6, 6.07) is 9.79. The molecular formula is C27H42N4O5. The van der Waals surface area contributed by atoms with Crippen LogP contribution in [-0.4, -0.2) is 108 Å². The van der Waals surface area contributed by atoms with Crippen molar-refractivity contribution < 1.29 is 23.9 Å². The molecule has 200 valence electrons. The minimum Gasteiger partial charge on any atom is -0.449 e. The number of hydrogen-bond acceptors (Lipinski definition) is 6.